The Labute approximate surface area is 135 Å². The van der Waals surface area contributed by atoms with Crippen molar-refractivity contribution in [3.8, 4) is 0 Å². The molecule has 0 saturated carbocycles. The number of hydrogen-bond acceptors (Lipinski definition) is 4. The van der Waals surface area contributed by atoms with Crippen molar-refractivity contribution in [3.63, 3.8) is 0 Å². The van der Waals surface area contributed by atoms with E-state index in [-0.39, 0.29) is 0 Å². The van der Waals surface area contributed by atoms with Crippen molar-refractivity contribution in [2.75, 3.05) is 26.2 Å². The fourth-order valence-corrected chi connectivity index (χ4v) is 2.91. The van der Waals surface area contributed by atoms with Gasteiger partial charge in [-0.05, 0) is 37.5 Å². The number of carbonyl (C=O) groups is 1. The van der Waals surface area contributed by atoms with Crippen LogP contribution < -0.4 is 0 Å². The number of aromatic amines is 1. The summed E-state index contributed by atoms with van der Waals surface area (Å²) in [7, 11) is 0. The van der Waals surface area contributed by atoms with Crippen LogP contribution in [0, 0.1) is 0 Å². The molecule has 0 spiro atoms. The lowest BCUT2D eigenvalue weighted by molar-refractivity contribution is 0.0733. The van der Waals surface area contributed by atoms with Crippen LogP contribution in [0.1, 0.15) is 18.9 Å². The summed E-state index contributed by atoms with van der Waals surface area (Å²) in [5.41, 5.74) is 2.50. The number of fused-ring (bicyclic) bond motifs is 1. The number of carbonyl (C=O) groups excluding carboxylic acids is 1. The summed E-state index contributed by atoms with van der Waals surface area (Å²) in [6.07, 6.45) is 5.30. The third kappa shape index (κ3) is 3.93. The first kappa shape index (κ1) is 15.6. The van der Waals surface area contributed by atoms with E-state index in [1.807, 2.05) is 12.1 Å². The molecule has 3 rings (SSSR count). The highest BCUT2D eigenvalue weighted by molar-refractivity contribution is 5.83. The van der Waals surface area contributed by atoms with Crippen LogP contribution >= 0.6 is 0 Å². The number of benzene rings is 1. The van der Waals surface area contributed by atoms with Gasteiger partial charge >= 0.3 is 6.16 Å². The van der Waals surface area contributed by atoms with Crippen molar-refractivity contribution >= 4 is 17.1 Å². The standard InChI is InChI=1S/C18H22N2O3/c1-2-22-18(21)23-15-6-5-10-20(13-15)11-9-14-12-19-17-8-4-3-7-16(14)17/h3-4,6-8,12,19H,2,5,9-11,13H2,1H3. The van der Waals surface area contributed by atoms with Crippen LogP contribution in [-0.2, 0) is 15.9 Å². The molecule has 5 heteroatoms. The molecule has 0 aliphatic carbocycles. The summed E-state index contributed by atoms with van der Waals surface area (Å²) in [5, 5.41) is 1.28. The Bertz CT molecular complexity index is 705. The Morgan fingerprint density at radius 1 is 1.35 bits per heavy atom. The number of nitrogens with zero attached hydrogens (tertiary/aromatic N) is 1. The first-order chi connectivity index (χ1) is 11.3. The summed E-state index contributed by atoms with van der Waals surface area (Å²) < 4.78 is 10.0. The van der Waals surface area contributed by atoms with Gasteiger partial charge in [0.15, 0.2) is 0 Å². The van der Waals surface area contributed by atoms with Crippen LogP contribution in [0.5, 0.6) is 0 Å². The summed E-state index contributed by atoms with van der Waals surface area (Å²) in [6.45, 7) is 4.67. The maximum atomic E-state index is 11.4. The van der Waals surface area contributed by atoms with Gasteiger partial charge in [-0.3, -0.25) is 4.90 Å². The van der Waals surface area contributed by atoms with E-state index in [9.17, 15) is 4.79 Å². The zero-order chi connectivity index (χ0) is 16.1. The van der Waals surface area contributed by atoms with Crippen LogP contribution in [-0.4, -0.2) is 42.3 Å². The van der Waals surface area contributed by atoms with Crippen LogP contribution in [0.4, 0.5) is 4.79 Å². The molecule has 1 aromatic carbocycles. The van der Waals surface area contributed by atoms with Gasteiger partial charge in [-0.15, -0.1) is 0 Å². The van der Waals surface area contributed by atoms with Crippen molar-refractivity contribution in [3.05, 3.63) is 47.9 Å². The van der Waals surface area contributed by atoms with Gasteiger partial charge in [0.2, 0.25) is 0 Å². The smallest absolute Gasteiger partial charge is 0.434 e. The number of hydrogen-bond donors (Lipinski definition) is 1. The van der Waals surface area contributed by atoms with E-state index in [4.69, 9.17) is 9.47 Å². The fraction of sp³-hybridized carbons (Fsp3) is 0.389. The van der Waals surface area contributed by atoms with Crippen molar-refractivity contribution in [2.24, 2.45) is 0 Å². The summed E-state index contributed by atoms with van der Waals surface area (Å²) in [5.74, 6) is 0.689. The summed E-state index contributed by atoms with van der Waals surface area (Å²) >= 11 is 0. The second kappa shape index (κ2) is 7.33. The van der Waals surface area contributed by atoms with Crippen molar-refractivity contribution < 1.29 is 14.3 Å². The largest absolute Gasteiger partial charge is 0.513 e. The predicted molar refractivity (Wildman–Crippen MR) is 89.2 cm³/mol. The molecule has 5 nitrogen and oxygen atoms in total. The van der Waals surface area contributed by atoms with Crippen molar-refractivity contribution in [1.29, 1.82) is 0 Å². The Balaban J connectivity index is 1.55. The van der Waals surface area contributed by atoms with E-state index in [0.29, 0.717) is 18.9 Å². The van der Waals surface area contributed by atoms with E-state index in [1.54, 1.807) is 6.92 Å². The monoisotopic (exact) mass is 314 g/mol. The Hall–Kier alpha value is -2.27. The topological polar surface area (TPSA) is 54.6 Å². The van der Waals surface area contributed by atoms with Gasteiger partial charge in [-0.2, -0.15) is 0 Å². The maximum Gasteiger partial charge on any atom is 0.513 e. The van der Waals surface area contributed by atoms with Crippen LogP contribution in [0.15, 0.2) is 42.3 Å². The molecule has 1 N–H and O–H groups in total. The zero-order valence-corrected chi connectivity index (χ0v) is 13.4. The zero-order valence-electron chi connectivity index (χ0n) is 13.4. The van der Waals surface area contributed by atoms with E-state index >= 15 is 0 Å². The van der Waals surface area contributed by atoms with Crippen LogP contribution in [0.2, 0.25) is 0 Å². The highest BCUT2D eigenvalue weighted by atomic mass is 16.7. The van der Waals surface area contributed by atoms with Crippen LogP contribution in [0.25, 0.3) is 10.9 Å². The molecule has 1 aromatic heterocycles. The minimum atomic E-state index is -0.614. The van der Waals surface area contributed by atoms with Crippen molar-refractivity contribution in [1.82, 2.24) is 9.88 Å². The second-order valence-corrected chi connectivity index (χ2v) is 5.63. The number of H-pyrrole nitrogens is 1. The SMILES string of the molecule is CCOC(=O)OC1=CCCN(CCc2c[nH]c3ccccc23)C1. The fourth-order valence-electron chi connectivity index (χ4n) is 2.91. The van der Waals surface area contributed by atoms with E-state index in [0.717, 1.165) is 25.9 Å². The molecule has 122 valence electrons. The predicted octanol–water partition coefficient (Wildman–Crippen LogP) is 3.47. The highest BCUT2D eigenvalue weighted by Gasteiger charge is 2.17. The molecule has 23 heavy (non-hydrogen) atoms. The minimum Gasteiger partial charge on any atom is -0.434 e. The lowest BCUT2D eigenvalue weighted by atomic mass is 10.1. The highest BCUT2D eigenvalue weighted by Crippen LogP contribution is 2.19. The van der Waals surface area contributed by atoms with E-state index in [1.165, 1.54) is 16.5 Å². The van der Waals surface area contributed by atoms with Crippen LogP contribution in [0.3, 0.4) is 0 Å². The lowest BCUT2D eigenvalue weighted by Crippen LogP contribution is -2.33. The van der Waals surface area contributed by atoms with Gasteiger partial charge in [0.25, 0.3) is 0 Å². The molecule has 0 amide bonds. The number of nitrogens with one attached hydrogen (secondary N) is 1. The first-order valence-corrected chi connectivity index (χ1v) is 8.07. The number of rotatable bonds is 5. The molecular weight excluding hydrogens is 292 g/mol. The average Bonchev–Trinajstić information content (AvgIpc) is 2.97. The van der Waals surface area contributed by atoms with Gasteiger partial charge in [-0.1, -0.05) is 18.2 Å². The van der Waals surface area contributed by atoms with E-state index in [2.05, 4.69) is 34.3 Å². The number of para-hydroxylation sites is 1. The molecule has 0 unspecified atom stereocenters. The molecule has 2 heterocycles. The molecule has 0 bridgehead atoms. The number of ether oxygens (including phenoxy) is 2. The molecular formula is C18H22N2O3. The number of aromatic nitrogens is 1. The minimum absolute atomic E-state index is 0.330. The molecule has 0 atom stereocenters. The maximum absolute atomic E-state index is 11.4. The van der Waals surface area contributed by atoms with Gasteiger partial charge in [-0.25, -0.2) is 4.79 Å². The average molecular weight is 314 g/mol. The van der Waals surface area contributed by atoms with Gasteiger partial charge < -0.3 is 14.5 Å². The third-order valence-electron chi connectivity index (χ3n) is 4.05. The summed E-state index contributed by atoms with van der Waals surface area (Å²) in [4.78, 5) is 17.0. The summed E-state index contributed by atoms with van der Waals surface area (Å²) in [6, 6.07) is 8.34. The Morgan fingerprint density at radius 2 is 2.22 bits per heavy atom. The van der Waals surface area contributed by atoms with Gasteiger partial charge in [0.05, 0.1) is 13.2 Å². The normalized spacial score (nSPS) is 15.4. The first-order valence-electron chi connectivity index (χ1n) is 8.07. The Kier molecular flexibility index (Phi) is 4.98. The van der Waals surface area contributed by atoms with E-state index < -0.39 is 6.16 Å². The molecule has 2 aromatic rings. The molecule has 0 fully saturated rings. The molecule has 1 aliphatic rings. The molecule has 1 aliphatic heterocycles. The Morgan fingerprint density at radius 3 is 3.09 bits per heavy atom. The quantitative estimate of drug-likeness (QED) is 0.859. The van der Waals surface area contributed by atoms with Crippen molar-refractivity contribution in [2.45, 2.75) is 19.8 Å². The van der Waals surface area contributed by atoms with Gasteiger partial charge in [0.1, 0.15) is 5.76 Å². The van der Waals surface area contributed by atoms with Gasteiger partial charge in [0, 0.05) is 30.2 Å². The lowest BCUT2D eigenvalue weighted by Gasteiger charge is -2.26. The second-order valence-electron chi connectivity index (χ2n) is 5.63. The molecule has 0 saturated heterocycles. The third-order valence-corrected chi connectivity index (χ3v) is 4.05. The molecule has 0 radical (unpaired) electrons.